The van der Waals surface area contributed by atoms with E-state index in [0.29, 0.717) is 28.3 Å². The molecule has 0 fully saturated rings. The zero-order chi connectivity index (χ0) is 18.5. The lowest BCUT2D eigenvalue weighted by molar-refractivity contribution is 0.102. The third kappa shape index (κ3) is 4.12. The molecule has 0 aliphatic carbocycles. The minimum atomic E-state index is -2.72. The van der Waals surface area contributed by atoms with Crippen molar-refractivity contribution in [1.29, 1.82) is 0 Å². The molecule has 1 heterocycles. The van der Waals surface area contributed by atoms with Gasteiger partial charge in [0.15, 0.2) is 5.01 Å². The fraction of sp³-hybridized carbons (Fsp3) is 0.118. The van der Waals surface area contributed by atoms with Gasteiger partial charge in [-0.15, -0.1) is 10.2 Å². The first-order valence-electron chi connectivity index (χ1n) is 7.50. The number of hydrogen-bond acceptors (Lipinski definition) is 6. The van der Waals surface area contributed by atoms with Crippen molar-refractivity contribution in [3.05, 3.63) is 59.1 Å². The number of rotatable bonds is 6. The van der Waals surface area contributed by atoms with Crippen LogP contribution in [0.4, 0.5) is 25.3 Å². The van der Waals surface area contributed by atoms with Crippen LogP contribution in [0.1, 0.15) is 21.8 Å². The Kier molecular flexibility index (Phi) is 5.37. The van der Waals surface area contributed by atoms with Gasteiger partial charge >= 0.3 is 0 Å². The SMILES string of the molecule is COc1ccc(Nc2ccccc2C(=O)Nc2nnc(C(F)F)s2)cc1. The topological polar surface area (TPSA) is 76.1 Å². The average Bonchev–Trinajstić information content (AvgIpc) is 3.11. The number of amides is 1. The lowest BCUT2D eigenvalue weighted by Crippen LogP contribution is -2.13. The van der Waals surface area contributed by atoms with Crippen LogP contribution in [-0.2, 0) is 0 Å². The summed E-state index contributed by atoms with van der Waals surface area (Å²) in [5, 5.41) is 12.1. The van der Waals surface area contributed by atoms with E-state index in [1.54, 1.807) is 43.5 Å². The summed E-state index contributed by atoms with van der Waals surface area (Å²) < 4.78 is 30.3. The van der Waals surface area contributed by atoms with Crippen molar-refractivity contribution in [2.75, 3.05) is 17.7 Å². The maximum Gasteiger partial charge on any atom is 0.291 e. The van der Waals surface area contributed by atoms with Crippen LogP contribution < -0.4 is 15.4 Å². The number of anilines is 3. The average molecular weight is 376 g/mol. The van der Waals surface area contributed by atoms with Crippen molar-refractivity contribution in [2.45, 2.75) is 6.43 Å². The molecule has 6 nitrogen and oxygen atoms in total. The van der Waals surface area contributed by atoms with Crippen molar-refractivity contribution in [1.82, 2.24) is 10.2 Å². The Hall–Kier alpha value is -3.07. The van der Waals surface area contributed by atoms with Crippen LogP contribution in [0.25, 0.3) is 0 Å². The molecule has 1 aromatic heterocycles. The number of methoxy groups -OCH3 is 1. The molecule has 2 N–H and O–H groups in total. The van der Waals surface area contributed by atoms with E-state index < -0.39 is 17.3 Å². The highest BCUT2D eigenvalue weighted by atomic mass is 32.1. The van der Waals surface area contributed by atoms with Gasteiger partial charge in [0.25, 0.3) is 12.3 Å². The minimum Gasteiger partial charge on any atom is -0.497 e. The molecule has 3 aromatic rings. The monoisotopic (exact) mass is 376 g/mol. The minimum absolute atomic E-state index is 0.0181. The zero-order valence-corrected chi connectivity index (χ0v) is 14.4. The number of alkyl halides is 2. The van der Waals surface area contributed by atoms with Gasteiger partial charge in [-0.05, 0) is 36.4 Å². The second-order valence-corrected chi connectivity index (χ2v) is 6.11. The number of nitrogens with zero attached hydrogens (tertiary/aromatic N) is 2. The maximum absolute atomic E-state index is 12.6. The van der Waals surface area contributed by atoms with Gasteiger partial charge in [0, 0.05) is 5.69 Å². The van der Waals surface area contributed by atoms with Crippen molar-refractivity contribution in [3.8, 4) is 5.75 Å². The molecule has 1 amide bonds. The Morgan fingerprint density at radius 2 is 1.85 bits per heavy atom. The van der Waals surface area contributed by atoms with Gasteiger partial charge in [-0.25, -0.2) is 8.78 Å². The molecule has 0 aliphatic rings. The van der Waals surface area contributed by atoms with Crippen molar-refractivity contribution >= 4 is 33.8 Å². The Balaban J connectivity index is 1.77. The van der Waals surface area contributed by atoms with Crippen LogP contribution in [0.2, 0.25) is 0 Å². The molecule has 0 atom stereocenters. The van der Waals surface area contributed by atoms with E-state index in [1.807, 2.05) is 12.1 Å². The van der Waals surface area contributed by atoms with E-state index in [2.05, 4.69) is 20.8 Å². The molecule has 2 aromatic carbocycles. The third-order valence-corrected chi connectivity index (χ3v) is 4.23. The Bertz CT molecular complexity index is 900. The Labute approximate surface area is 151 Å². The van der Waals surface area contributed by atoms with E-state index in [4.69, 9.17) is 4.74 Å². The van der Waals surface area contributed by atoms with Crippen molar-refractivity contribution < 1.29 is 18.3 Å². The van der Waals surface area contributed by atoms with Crippen LogP contribution in [0.15, 0.2) is 48.5 Å². The smallest absolute Gasteiger partial charge is 0.291 e. The number of halogens is 2. The molecule has 0 saturated carbocycles. The standard InChI is InChI=1S/C17H14F2N4O2S/c1-25-11-8-6-10(7-9-11)20-13-5-3-2-4-12(13)15(24)21-17-23-22-16(26-17)14(18)19/h2-9,14,20H,1H3,(H,21,23,24). The first kappa shape index (κ1) is 17.7. The molecule has 0 aliphatic heterocycles. The molecule has 26 heavy (non-hydrogen) atoms. The van der Waals surface area contributed by atoms with Crippen molar-refractivity contribution in [3.63, 3.8) is 0 Å². The normalized spacial score (nSPS) is 10.6. The number of benzene rings is 2. The Morgan fingerprint density at radius 1 is 1.12 bits per heavy atom. The summed E-state index contributed by atoms with van der Waals surface area (Å²) in [6.07, 6.45) is -2.72. The fourth-order valence-corrected chi connectivity index (χ4v) is 2.75. The van der Waals surface area contributed by atoms with E-state index in [0.717, 1.165) is 5.69 Å². The molecule has 0 saturated heterocycles. The van der Waals surface area contributed by atoms with Gasteiger partial charge in [-0.1, -0.05) is 23.5 Å². The number of nitrogens with one attached hydrogen (secondary N) is 2. The number of hydrogen-bond donors (Lipinski definition) is 2. The molecule has 0 radical (unpaired) electrons. The second-order valence-electron chi connectivity index (χ2n) is 5.10. The van der Waals surface area contributed by atoms with E-state index in [-0.39, 0.29) is 5.13 Å². The predicted octanol–water partition coefficient (Wildman–Crippen LogP) is 4.48. The summed E-state index contributed by atoms with van der Waals surface area (Å²) in [5.74, 6) is 0.242. The molecule has 0 bridgehead atoms. The van der Waals surface area contributed by atoms with Gasteiger partial charge < -0.3 is 10.1 Å². The summed E-state index contributed by atoms with van der Waals surface area (Å²) in [6, 6.07) is 14.1. The molecule has 0 unspecified atom stereocenters. The van der Waals surface area contributed by atoms with E-state index in [1.165, 1.54) is 0 Å². The van der Waals surface area contributed by atoms with Gasteiger partial charge in [0.05, 0.1) is 18.4 Å². The molecule has 134 valence electrons. The largest absolute Gasteiger partial charge is 0.497 e. The molecule has 0 spiro atoms. The lowest BCUT2D eigenvalue weighted by atomic mass is 10.1. The summed E-state index contributed by atoms with van der Waals surface area (Å²) in [7, 11) is 1.58. The van der Waals surface area contributed by atoms with Crippen LogP contribution >= 0.6 is 11.3 Å². The predicted molar refractivity (Wildman–Crippen MR) is 95.5 cm³/mol. The summed E-state index contributed by atoms with van der Waals surface area (Å²) >= 11 is 0.639. The summed E-state index contributed by atoms with van der Waals surface area (Å²) in [5.41, 5.74) is 1.67. The van der Waals surface area contributed by atoms with Gasteiger partial charge in [0.1, 0.15) is 5.75 Å². The van der Waals surface area contributed by atoms with Crippen LogP contribution in [0.5, 0.6) is 5.75 Å². The first-order valence-corrected chi connectivity index (χ1v) is 8.31. The van der Waals surface area contributed by atoms with Gasteiger partial charge in [-0.2, -0.15) is 0 Å². The van der Waals surface area contributed by atoms with E-state index in [9.17, 15) is 13.6 Å². The number of carbonyl (C=O) groups is 1. The van der Waals surface area contributed by atoms with Gasteiger partial charge in [0.2, 0.25) is 5.13 Å². The highest BCUT2D eigenvalue weighted by molar-refractivity contribution is 7.15. The van der Waals surface area contributed by atoms with Gasteiger partial charge in [-0.3, -0.25) is 10.1 Å². The highest BCUT2D eigenvalue weighted by Gasteiger charge is 2.17. The van der Waals surface area contributed by atoms with Crippen LogP contribution in [0, 0.1) is 0 Å². The highest BCUT2D eigenvalue weighted by Crippen LogP contribution is 2.27. The third-order valence-electron chi connectivity index (χ3n) is 3.39. The summed E-state index contributed by atoms with van der Waals surface area (Å²) in [6.45, 7) is 0. The zero-order valence-electron chi connectivity index (χ0n) is 13.6. The molecule has 3 rings (SSSR count). The lowest BCUT2D eigenvalue weighted by Gasteiger charge is -2.11. The van der Waals surface area contributed by atoms with E-state index >= 15 is 0 Å². The van der Waals surface area contributed by atoms with Crippen LogP contribution in [0.3, 0.4) is 0 Å². The van der Waals surface area contributed by atoms with Crippen molar-refractivity contribution in [2.24, 2.45) is 0 Å². The number of para-hydroxylation sites is 1. The first-order chi connectivity index (χ1) is 12.6. The molecule has 9 heteroatoms. The van der Waals surface area contributed by atoms with Crippen LogP contribution in [-0.4, -0.2) is 23.2 Å². The quantitative estimate of drug-likeness (QED) is 0.663. The second kappa shape index (κ2) is 7.87. The number of carbonyl (C=O) groups excluding carboxylic acids is 1. The summed E-state index contributed by atoms with van der Waals surface area (Å²) in [4.78, 5) is 12.5. The number of ether oxygens (including phenoxy) is 1. The molecular weight excluding hydrogens is 362 g/mol. The fourth-order valence-electron chi connectivity index (χ4n) is 2.16. The Morgan fingerprint density at radius 3 is 2.50 bits per heavy atom. The number of aromatic nitrogens is 2. The maximum atomic E-state index is 12.6. The molecular formula is C17H14F2N4O2S.